The summed E-state index contributed by atoms with van der Waals surface area (Å²) in [7, 11) is 1.15. The predicted molar refractivity (Wildman–Crippen MR) is 87.2 cm³/mol. The first-order valence-electron chi connectivity index (χ1n) is 7.12. The predicted octanol–water partition coefficient (Wildman–Crippen LogP) is 0.283. The summed E-state index contributed by atoms with van der Waals surface area (Å²) in [6.45, 7) is 4.54. The topological polar surface area (TPSA) is 114 Å². The van der Waals surface area contributed by atoms with Gasteiger partial charge < -0.3 is 25.2 Å². The summed E-state index contributed by atoms with van der Waals surface area (Å²) >= 11 is 1.51. The fraction of sp³-hybridized carbons (Fsp3) is 0.786. The fourth-order valence-corrected chi connectivity index (χ4v) is 2.02. The van der Waals surface area contributed by atoms with Gasteiger partial charge in [0.05, 0.1) is 13.7 Å². The van der Waals surface area contributed by atoms with Crippen LogP contribution in [-0.4, -0.2) is 66.5 Å². The Bertz CT molecular complexity index is 411. The van der Waals surface area contributed by atoms with Gasteiger partial charge in [-0.25, -0.2) is 9.59 Å². The summed E-state index contributed by atoms with van der Waals surface area (Å²) in [6, 6.07) is -2.05. The minimum Gasteiger partial charge on any atom is -0.467 e. The normalized spacial score (nSPS) is 13.7. The number of rotatable bonds is 8. The van der Waals surface area contributed by atoms with Crippen molar-refractivity contribution in [2.24, 2.45) is 0 Å². The molecule has 0 heterocycles. The molecule has 0 saturated heterocycles. The first-order valence-corrected chi connectivity index (χ1v) is 8.51. The molecule has 2 amide bonds. The summed E-state index contributed by atoms with van der Waals surface area (Å²) < 4.78 is 9.60. The third kappa shape index (κ3) is 9.29. The number of carbonyl (C=O) groups excluding carboxylic acids is 3. The van der Waals surface area contributed by atoms with Gasteiger partial charge in [0.15, 0.2) is 6.04 Å². The number of thioether (sulfide) groups is 1. The number of alkyl carbamates (subject to hydrolysis) is 1. The van der Waals surface area contributed by atoms with Crippen molar-refractivity contribution >= 4 is 29.7 Å². The van der Waals surface area contributed by atoms with Gasteiger partial charge in [-0.15, -0.1) is 0 Å². The van der Waals surface area contributed by atoms with Crippen LogP contribution in [0.3, 0.4) is 0 Å². The Kier molecular flexibility index (Phi) is 9.66. The molecule has 3 N–H and O–H groups in total. The van der Waals surface area contributed by atoms with E-state index in [4.69, 9.17) is 9.84 Å². The minimum absolute atomic E-state index is 0.353. The molecule has 0 aliphatic rings. The molecule has 134 valence electrons. The maximum atomic E-state index is 12.2. The standard InChI is InChI=1S/C14H26N2O6S/c1-14(2,3)22-13(20)16-9(6-7-23-5)11(18)15-10(8-17)12(19)21-4/h9-10,17H,6-8H2,1-5H3,(H,15,18)(H,16,20)/t9-,10-/m0/s1. The van der Waals surface area contributed by atoms with Crippen LogP contribution in [0.15, 0.2) is 0 Å². The molecule has 0 aromatic rings. The molecule has 8 nitrogen and oxygen atoms in total. The second-order valence-electron chi connectivity index (χ2n) is 5.75. The van der Waals surface area contributed by atoms with Crippen molar-refractivity contribution in [3.8, 4) is 0 Å². The Morgan fingerprint density at radius 2 is 1.78 bits per heavy atom. The number of amides is 2. The molecule has 0 aliphatic carbocycles. The smallest absolute Gasteiger partial charge is 0.408 e. The molecule has 0 aromatic heterocycles. The second-order valence-corrected chi connectivity index (χ2v) is 6.73. The lowest BCUT2D eigenvalue weighted by molar-refractivity contribution is -0.146. The summed E-state index contributed by atoms with van der Waals surface area (Å²) in [5.41, 5.74) is -0.690. The van der Waals surface area contributed by atoms with Crippen LogP contribution in [0.4, 0.5) is 4.79 Å². The monoisotopic (exact) mass is 350 g/mol. The van der Waals surface area contributed by atoms with Crippen molar-refractivity contribution in [3.63, 3.8) is 0 Å². The van der Waals surface area contributed by atoms with Crippen LogP contribution in [0, 0.1) is 0 Å². The van der Waals surface area contributed by atoms with E-state index >= 15 is 0 Å². The Morgan fingerprint density at radius 1 is 1.17 bits per heavy atom. The first-order chi connectivity index (χ1) is 10.6. The lowest BCUT2D eigenvalue weighted by Crippen LogP contribution is -2.53. The third-order valence-electron chi connectivity index (χ3n) is 2.60. The lowest BCUT2D eigenvalue weighted by Gasteiger charge is -2.24. The molecule has 0 fully saturated rings. The van der Waals surface area contributed by atoms with E-state index in [0.717, 1.165) is 7.11 Å². The lowest BCUT2D eigenvalue weighted by atomic mass is 10.2. The Balaban J connectivity index is 4.83. The number of methoxy groups -OCH3 is 1. The number of aliphatic hydroxyl groups is 1. The summed E-state index contributed by atoms with van der Waals surface area (Å²) in [5, 5.41) is 14.0. The molecule has 0 unspecified atom stereocenters. The van der Waals surface area contributed by atoms with Crippen molar-refractivity contribution in [2.45, 2.75) is 44.9 Å². The van der Waals surface area contributed by atoms with E-state index in [1.807, 2.05) is 6.26 Å². The SMILES string of the molecule is COC(=O)[C@H](CO)NC(=O)[C@H](CCSC)NC(=O)OC(C)(C)C. The van der Waals surface area contributed by atoms with Gasteiger partial charge in [-0.1, -0.05) is 0 Å². The Labute approximate surface area is 140 Å². The number of hydrogen-bond acceptors (Lipinski definition) is 7. The Hall–Kier alpha value is -1.48. The van der Waals surface area contributed by atoms with E-state index in [1.165, 1.54) is 11.8 Å². The first kappa shape index (κ1) is 21.5. The van der Waals surface area contributed by atoms with Crippen molar-refractivity contribution < 1.29 is 29.0 Å². The fourth-order valence-electron chi connectivity index (χ4n) is 1.55. The number of hydrogen-bond donors (Lipinski definition) is 3. The molecule has 0 radical (unpaired) electrons. The number of esters is 1. The van der Waals surface area contributed by atoms with Gasteiger partial charge in [-0.3, -0.25) is 4.79 Å². The molecular formula is C14H26N2O6S. The van der Waals surface area contributed by atoms with E-state index in [0.29, 0.717) is 12.2 Å². The van der Waals surface area contributed by atoms with Crippen molar-refractivity contribution in [1.82, 2.24) is 10.6 Å². The summed E-state index contributed by atoms with van der Waals surface area (Å²) in [5.74, 6) is -0.730. The quantitative estimate of drug-likeness (QED) is 0.539. The zero-order chi connectivity index (χ0) is 18.0. The number of nitrogens with one attached hydrogen (secondary N) is 2. The van der Waals surface area contributed by atoms with Crippen LogP contribution < -0.4 is 10.6 Å². The van der Waals surface area contributed by atoms with Crippen molar-refractivity contribution in [3.05, 3.63) is 0 Å². The van der Waals surface area contributed by atoms with Gasteiger partial charge in [0.1, 0.15) is 11.6 Å². The molecule has 0 bridgehead atoms. The zero-order valence-corrected chi connectivity index (χ0v) is 15.0. The number of aliphatic hydroxyl groups excluding tert-OH is 1. The van der Waals surface area contributed by atoms with Gasteiger partial charge in [0, 0.05) is 0 Å². The average molecular weight is 350 g/mol. The van der Waals surface area contributed by atoms with Crippen molar-refractivity contribution in [1.29, 1.82) is 0 Å². The number of carbonyl (C=O) groups is 3. The van der Waals surface area contributed by atoms with E-state index in [-0.39, 0.29) is 0 Å². The van der Waals surface area contributed by atoms with Crippen LogP contribution in [-0.2, 0) is 19.1 Å². The second kappa shape index (κ2) is 10.3. The molecular weight excluding hydrogens is 324 g/mol. The van der Waals surface area contributed by atoms with E-state index in [9.17, 15) is 14.4 Å². The molecule has 23 heavy (non-hydrogen) atoms. The van der Waals surface area contributed by atoms with Crippen LogP contribution in [0.2, 0.25) is 0 Å². The van der Waals surface area contributed by atoms with Gasteiger partial charge >= 0.3 is 12.1 Å². The maximum Gasteiger partial charge on any atom is 0.408 e. The van der Waals surface area contributed by atoms with Gasteiger partial charge in [0.2, 0.25) is 5.91 Å². The molecule has 0 spiro atoms. The average Bonchev–Trinajstić information content (AvgIpc) is 2.45. The highest BCUT2D eigenvalue weighted by Gasteiger charge is 2.28. The zero-order valence-electron chi connectivity index (χ0n) is 14.2. The van der Waals surface area contributed by atoms with Gasteiger partial charge in [-0.2, -0.15) is 11.8 Å². The van der Waals surface area contributed by atoms with E-state index < -0.39 is 42.3 Å². The van der Waals surface area contributed by atoms with E-state index in [2.05, 4.69) is 15.4 Å². The molecule has 9 heteroatoms. The molecule has 0 aromatic carbocycles. The van der Waals surface area contributed by atoms with Crippen LogP contribution in [0.1, 0.15) is 27.2 Å². The minimum atomic E-state index is -1.18. The number of ether oxygens (including phenoxy) is 2. The molecule has 2 atom stereocenters. The van der Waals surface area contributed by atoms with Gasteiger partial charge in [-0.05, 0) is 39.2 Å². The third-order valence-corrected chi connectivity index (χ3v) is 3.25. The van der Waals surface area contributed by atoms with E-state index in [1.54, 1.807) is 20.8 Å². The maximum absolute atomic E-state index is 12.2. The summed E-state index contributed by atoms with van der Waals surface area (Å²) in [6.07, 6.45) is 1.50. The highest BCUT2D eigenvalue weighted by atomic mass is 32.2. The van der Waals surface area contributed by atoms with Crippen molar-refractivity contribution in [2.75, 3.05) is 25.7 Å². The highest BCUT2D eigenvalue weighted by Crippen LogP contribution is 2.08. The molecule has 0 rings (SSSR count). The Morgan fingerprint density at radius 3 is 2.22 bits per heavy atom. The molecule has 0 aliphatic heterocycles. The van der Waals surface area contributed by atoms with Crippen LogP contribution in [0.5, 0.6) is 0 Å². The largest absolute Gasteiger partial charge is 0.467 e. The highest BCUT2D eigenvalue weighted by molar-refractivity contribution is 7.98. The summed E-state index contributed by atoms with van der Waals surface area (Å²) in [4.78, 5) is 35.5. The van der Waals surface area contributed by atoms with Gasteiger partial charge in [0.25, 0.3) is 0 Å². The van der Waals surface area contributed by atoms with Crippen LogP contribution >= 0.6 is 11.8 Å². The molecule has 0 saturated carbocycles. The van der Waals surface area contributed by atoms with Crippen LogP contribution in [0.25, 0.3) is 0 Å².